The lowest BCUT2D eigenvalue weighted by Gasteiger charge is -2.47. The molecule has 118 valence electrons. The summed E-state index contributed by atoms with van der Waals surface area (Å²) in [5, 5.41) is 11.5. The molecule has 1 saturated carbocycles. The molecule has 0 bridgehead atoms. The molecule has 3 N–H and O–H groups in total. The van der Waals surface area contributed by atoms with Crippen molar-refractivity contribution in [2.24, 2.45) is 11.1 Å². The van der Waals surface area contributed by atoms with E-state index in [2.05, 4.69) is 32.0 Å². The van der Waals surface area contributed by atoms with Crippen molar-refractivity contribution in [2.75, 3.05) is 6.54 Å². The summed E-state index contributed by atoms with van der Waals surface area (Å²) < 4.78 is 0. The number of nitrogens with two attached hydrogens (primary N) is 1. The van der Waals surface area contributed by atoms with E-state index in [0.29, 0.717) is 6.54 Å². The second-order valence-electron chi connectivity index (χ2n) is 7.14. The standard InChI is InChI=1S/C19H31NO/c1-15-9-10-16(2)17(13-15)18(3,21)19(14-20)11-7-5-4-6-8-12-19/h9-10,13,21H,4-8,11-12,14,20H2,1-3H3. The highest BCUT2D eigenvalue weighted by Crippen LogP contribution is 2.48. The number of rotatable bonds is 3. The van der Waals surface area contributed by atoms with Crippen molar-refractivity contribution in [1.29, 1.82) is 0 Å². The van der Waals surface area contributed by atoms with Crippen LogP contribution >= 0.6 is 0 Å². The summed E-state index contributed by atoms with van der Waals surface area (Å²) in [5.41, 5.74) is 8.60. The molecule has 1 unspecified atom stereocenters. The molecule has 0 spiro atoms. The van der Waals surface area contributed by atoms with Crippen LogP contribution in [-0.4, -0.2) is 11.7 Å². The minimum absolute atomic E-state index is 0.189. The van der Waals surface area contributed by atoms with Gasteiger partial charge in [0.05, 0.1) is 5.60 Å². The minimum Gasteiger partial charge on any atom is -0.385 e. The van der Waals surface area contributed by atoms with Gasteiger partial charge in [-0.25, -0.2) is 0 Å². The fraction of sp³-hybridized carbons (Fsp3) is 0.684. The number of benzene rings is 1. The summed E-state index contributed by atoms with van der Waals surface area (Å²) in [7, 11) is 0. The fourth-order valence-corrected chi connectivity index (χ4v) is 4.02. The Bertz CT molecular complexity index is 470. The zero-order valence-electron chi connectivity index (χ0n) is 13.9. The molecule has 0 radical (unpaired) electrons. The minimum atomic E-state index is -0.852. The Morgan fingerprint density at radius 3 is 2.24 bits per heavy atom. The lowest BCUT2D eigenvalue weighted by molar-refractivity contribution is -0.0868. The van der Waals surface area contributed by atoms with Crippen LogP contribution in [-0.2, 0) is 5.60 Å². The van der Waals surface area contributed by atoms with Gasteiger partial charge in [0, 0.05) is 12.0 Å². The van der Waals surface area contributed by atoms with E-state index in [1.54, 1.807) is 0 Å². The van der Waals surface area contributed by atoms with Gasteiger partial charge in [0.25, 0.3) is 0 Å². The Hall–Kier alpha value is -0.860. The summed E-state index contributed by atoms with van der Waals surface area (Å²) in [6.07, 6.45) is 8.28. The third-order valence-corrected chi connectivity index (χ3v) is 5.65. The summed E-state index contributed by atoms with van der Waals surface area (Å²) in [4.78, 5) is 0. The zero-order chi connectivity index (χ0) is 15.5. The average Bonchev–Trinajstić information content (AvgIpc) is 2.41. The lowest BCUT2D eigenvalue weighted by atomic mass is 9.62. The molecule has 2 rings (SSSR count). The molecular formula is C19H31NO. The SMILES string of the molecule is Cc1ccc(C)c(C(C)(O)C2(CN)CCCCCCC2)c1. The molecule has 1 atom stereocenters. The molecule has 2 heteroatoms. The van der Waals surface area contributed by atoms with Gasteiger partial charge < -0.3 is 10.8 Å². The molecule has 0 heterocycles. The van der Waals surface area contributed by atoms with E-state index < -0.39 is 5.60 Å². The van der Waals surface area contributed by atoms with Gasteiger partial charge in [0.2, 0.25) is 0 Å². The van der Waals surface area contributed by atoms with Crippen LogP contribution in [0.4, 0.5) is 0 Å². The predicted molar refractivity (Wildman–Crippen MR) is 89.3 cm³/mol. The summed E-state index contributed by atoms with van der Waals surface area (Å²) in [6, 6.07) is 6.37. The van der Waals surface area contributed by atoms with Crippen LogP contribution in [0, 0.1) is 19.3 Å². The van der Waals surface area contributed by atoms with E-state index >= 15 is 0 Å². The van der Waals surface area contributed by atoms with Gasteiger partial charge in [-0.05, 0) is 44.7 Å². The highest BCUT2D eigenvalue weighted by molar-refractivity contribution is 5.36. The van der Waals surface area contributed by atoms with Gasteiger partial charge in [-0.3, -0.25) is 0 Å². The zero-order valence-corrected chi connectivity index (χ0v) is 13.9. The fourth-order valence-electron chi connectivity index (χ4n) is 4.02. The highest BCUT2D eigenvalue weighted by Gasteiger charge is 2.47. The molecule has 1 fully saturated rings. The lowest BCUT2D eigenvalue weighted by Crippen LogP contribution is -2.49. The van der Waals surface area contributed by atoms with Gasteiger partial charge in [-0.1, -0.05) is 55.9 Å². The number of aliphatic hydroxyl groups is 1. The van der Waals surface area contributed by atoms with Crippen molar-refractivity contribution in [1.82, 2.24) is 0 Å². The van der Waals surface area contributed by atoms with Crippen molar-refractivity contribution >= 4 is 0 Å². The van der Waals surface area contributed by atoms with Crippen molar-refractivity contribution < 1.29 is 5.11 Å². The predicted octanol–water partition coefficient (Wildman–Crippen LogP) is 4.20. The quantitative estimate of drug-likeness (QED) is 0.876. The van der Waals surface area contributed by atoms with E-state index in [9.17, 15) is 5.11 Å². The van der Waals surface area contributed by atoms with Crippen LogP contribution in [0.2, 0.25) is 0 Å². The first kappa shape index (κ1) is 16.5. The largest absolute Gasteiger partial charge is 0.385 e. The number of aryl methyl sites for hydroxylation is 2. The van der Waals surface area contributed by atoms with Crippen molar-refractivity contribution in [3.05, 3.63) is 34.9 Å². The average molecular weight is 289 g/mol. The van der Waals surface area contributed by atoms with Crippen LogP contribution in [0.25, 0.3) is 0 Å². The Balaban J connectivity index is 2.43. The molecule has 0 aliphatic heterocycles. The van der Waals surface area contributed by atoms with E-state index in [1.165, 1.54) is 43.2 Å². The van der Waals surface area contributed by atoms with Crippen molar-refractivity contribution in [2.45, 2.75) is 71.3 Å². The summed E-state index contributed by atoms with van der Waals surface area (Å²) >= 11 is 0. The van der Waals surface area contributed by atoms with Gasteiger partial charge in [0.1, 0.15) is 0 Å². The number of hydrogen-bond acceptors (Lipinski definition) is 2. The van der Waals surface area contributed by atoms with E-state index in [1.807, 2.05) is 6.92 Å². The first-order valence-corrected chi connectivity index (χ1v) is 8.43. The molecule has 0 saturated heterocycles. The molecule has 0 amide bonds. The maximum Gasteiger partial charge on any atom is 0.0939 e. The summed E-state index contributed by atoms with van der Waals surface area (Å²) in [5.74, 6) is 0. The molecule has 0 aromatic heterocycles. The van der Waals surface area contributed by atoms with Gasteiger partial charge in [-0.15, -0.1) is 0 Å². The van der Waals surface area contributed by atoms with Crippen molar-refractivity contribution in [3.8, 4) is 0 Å². The first-order chi connectivity index (χ1) is 9.93. The smallest absolute Gasteiger partial charge is 0.0939 e. The van der Waals surface area contributed by atoms with Gasteiger partial charge in [0.15, 0.2) is 0 Å². The van der Waals surface area contributed by atoms with Crippen LogP contribution in [0.15, 0.2) is 18.2 Å². The third kappa shape index (κ3) is 3.17. The monoisotopic (exact) mass is 289 g/mol. The van der Waals surface area contributed by atoms with Crippen LogP contribution < -0.4 is 5.73 Å². The molecule has 1 aliphatic carbocycles. The Morgan fingerprint density at radius 1 is 1.10 bits per heavy atom. The van der Waals surface area contributed by atoms with Gasteiger partial charge >= 0.3 is 0 Å². The summed E-state index contributed by atoms with van der Waals surface area (Å²) in [6.45, 7) is 6.74. The van der Waals surface area contributed by atoms with Crippen LogP contribution in [0.3, 0.4) is 0 Å². The topological polar surface area (TPSA) is 46.2 Å². The van der Waals surface area contributed by atoms with E-state index in [0.717, 1.165) is 18.4 Å². The maximum atomic E-state index is 11.5. The molecule has 1 aliphatic rings. The van der Waals surface area contributed by atoms with Crippen LogP contribution in [0.1, 0.15) is 68.6 Å². The number of hydrogen-bond donors (Lipinski definition) is 2. The highest BCUT2D eigenvalue weighted by atomic mass is 16.3. The van der Waals surface area contributed by atoms with Crippen LogP contribution in [0.5, 0.6) is 0 Å². The second kappa shape index (κ2) is 6.50. The van der Waals surface area contributed by atoms with E-state index in [4.69, 9.17) is 5.73 Å². The molecule has 1 aromatic rings. The molecular weight excluding hydrogens is 258 g/mol. The Kier molecular flexibility index (Phi) is 5.11. The van der Waals surface area contributed by atoms with Gasteiger partial charge in [-0.2, -0.15) is 0 Å². The molecule has 1 aromatic carbocycles. The van der Waals surface area contributed by atoms with E-state index in [-0.39, 0.29) is 5.41 Å². The maximum absolute atomic E-state index is 11.5. The Morgan fingerprint density at radius 2 is 1.67 bits per heavy atom. The van der Waals surface area contributed by atoms with Crippen molar-refractivity contribution in [3.63, 3.8) is 0 Å². The normalized spacial score (nSPS) is 22.1. The second-order valence-corrected chi connectivity index (χ2v) is 7.14. The molecule has 2 nitrogen and oxygen atoms in total. The first-order valence-electron chi connectivity index (χ1n) is 8.43. The Labute approximate surface area is 129 Å². The molecule has 21 heavy (non-hydrogen) atoms. The third-order valence-electron chi connectivity index (χ3n) is 5.65.